The van der Waals surface area contributed by atoms with Crippen LogP contribution in [0.5, 0.6) is 5.75 Å². The summed E-state index contributed by atoms with van der Waals surface area (Å²) in [6.07, 6.45) is 6.15. The Hall–Kier alpha value is -2.80. The summed E-state index contributed by atoms with van der Waals surface area (Å²) >= 11 is 5.77. The Bertz CT molecular complexity index is 877. The standard InChI is InChI=1S/C16H11ClF2N4O/c17-15-11(12(18)1-2-13(15)19)7-24-14-3-9(6-23-16(14)20)10-4-21-8-22-5-10/h1-6,8H,7H2,(H2,20,23). The zero-order valence-corrected chi connectivity index (χ0v) is 13.0. The van der Waals surface area contributed by atoms with Crippen molar-refractivity contribution >= 4 is 17.4 Å². The fourth-order valence-electron chi connectivity index (χ4n) is 2.03. The maximum atomic E-state index is 13.8. The molecule has 2 N–H and O–H groups in total. The Morgan fingerprint density at radius 3 is 2.50 bits per heavy atom. The van der Waals surface area contributed by atoms with Gasteiger partial charge >= 0.3 is 0 Å². The Kier molecular flexibility index (Phi) is 4.52. The van der Waals surface area contributed by atoms with Crippen LogP contribution in [-0.2, 0) is 6.61 Å². The average molecular weight is 349 g/mol. The number of ether oxygens (including phenoxy) is 1. The van der Waals surface area contributed by atoms with Gasteiger partial charge in [0.05, 0.1) is 5.02 Å². The lowest BCUT2D eigenvalue weighted by Crippen LogP contribution is -2.04. The fraction of sp³-hybridized carbons (Fsp3) is 0.0625. The van der Waals surface area contributed by atoms with Crippen molar-refractivity contribution in [2.45, 2.75) is 6.61 Å². The van der Waals surface area contributed by atoms with Crippen molar-refractivity contribution in [3.8, 4) is 16.9 Å². The first-order valence-electron chi connectivity index (χ1n) is 6.82. The van der Waals surface area contributed by atoms with Crippen LogP contribution in [0.15, 0.2) is 43.1 Å². The number of nitrogen functional groups attached to an aromatic ring is 1. The van der Waals surface area contributed by atoms with E-state index in [1.54, 1.807) is 18.5 Å². The van der Waals surface area contributed by atoms with Gasteiger partial charge in [0.15, 0.2) is 11.6 Å². The summed E-state index contributed by atoms with van der Waals surface area (Å²) < 4.78 is 32.7. The minimum atomic E-state index is -0.724. The number of aromatic nitrogens is 3. The van der Waals surface area contributed by atoms with Crippen LogP contribution in [0.1, 0.15) is 5.56 Å². The molecule has 8 heteroatoms. The molecule has 0 amide bonds. The smallest absolute Gasteiger partial charge is 0.166 e. The molecular weight excluding hydrogens is 338 g/mol. The van der Waals surface area contributed by atoms with E-state index in [2.05, 4.69) is 15.0 Å². The molecule has 1 aromatic carbocycles. The van der Waals surface area contributed by atoms with E-state index in [1.165, 1.54) is 12.5 Å². The van der Waals surface area contributed by atoms with E-state index in [9.17, 15) is 8.78 Å². The van der Waals surface area contributed by atoms with Gasteiger partial charge in [-0.2, -0.15) is 0 Å². The van der Waals surface area contributed by atoms with Gasteiger partial charge in [0.1, 0.15) is 24.6 Å². The fourth-order valence-corrected chi connectivity index (χ4v) is 2.24. The summed E-state index contributed by atoms with van der Waals surface area (Å²) in [5.74, 6) is -1.06. The van der Waals surface area contributed by atoms with Gasteiger partial charge in [-0.1, -0.05) is 11.6 Å². The third kappa shape index (κ3) is 3.26. The molecule has 24 heavy (non-hydrogen) atoms. The molecule has 5 nitrogen and oxygen atoms in total. The molecule has 0 saturated carbocycles. The lowest BCUT2D eigenvalue weighted by molar-refractivity contribution is 0.300. The number of nitrogens with two attached hydrogens (primary N) is 1. The maximum Gasteiger partial charge on any atom is 0.166 e. The van der Waals surface area contributed by atoms with Gasteiger partial charge in [0.25, 0.3) is 0 Å². The molecule has 0 fully saturated rings. The normalized spacial score (nSPS) is 10.6. The number of halogens is 3. The zero-order valence-electron chi connectivity index (χ0n) is 12.2. The number of pyridine rings is 1. The van der Waals surface area contributed by atoms with E-state index in [4.69, 9.17) is 22.1 Å². The van der Waals surface area contributed by atoms with Gasteiger partial charge in [-0.3, -0.25) is 0 Å². The Morgan fingerprint density at radius 1 is 1.04 bits per heavy atom. The number of benzene rings is 1. The van der Waals surface area contributed by atoms with Crippen LogP contribution in [0.4, 0.5) is 14.6 Å². The lowest BCUT2D eigenvalue weighted by atomic mass is 10.1. The van der Waals surface area contributed by atoms with Crippen LogP contribution in [0.25, 0.3) is 11.1 Å². The second-order valence-electron chi connectivity index (χ2n) is 4.84. The lowest BCUT2D eigenvalue weighted by Gasteiger charge is -2.12. The molecule has 0 aliphatic heterocycles. The molecule has 0 radical (unpaired) electrons. The van der Waals surface area contributed by atoms with Crippen LogP contribution in [-0.4, -0.2) is 15.0 Å². The van der Waals surface area contributed by atoms with Crippen LogP contribution in [0.3, 0.4) is 0 Å². The molecule has 0 unspecified atom stereocenters. The summed E-state index contributed by atoms with van der Waals surface area (Å²) in [5.41, 5.74) is 7.06. The number of hydrogen-bond donors (Lipinski definition) is 1. The highest BCUT2D eigenvalue weighted by atomic mass is 35.5. The average Bonchev–Trinajstić information content (AvgIpc) is 2.60. The van der Waals surface area contributed by atoms with Crippen molar-refractivity contribution in [3.05, 3.63) is 65.3 Å². The van der Waals surface area contributed by atoms with Gasteiger partial charge in [-0.05, 0) is 18.2 Å². The molecule has 2 aromatic heterocycles. The molecule has 0 atom stereocenters. The van der Waals surface area contributed by atoms with E-state index >= 15 is 0 Å². The monoisotopic (exact) mass is 348 g/mol. The first-order valence-corrected chi connectivity index (χ1v) is 7.20. The minimum absolute atomic E-state index is 0.0930. The first-order chi connectivity index (χ1) is 11.6. The third-order valence-corrected chi connectivity index (χ3v) is 3.70. The van der Waals surface area contributed by atoms with Crippen molar-refractivity contribution < 1.29 is 13.5 Å². The Balaban J connectivity index is 1.87. The molecule has 2 heterocycles. The summed E-state index contributed by atoms with van der Waals surface area (Å²) in [6.45, 7) is -0.289. The predicted octanol–water partition coefficient (Wildman–Crippen LogP) is 3.63. The summed E-state index contributed by atoms with van der Waals surface area (Å²) in [6, 6.07) is 3.55. The number of anilines is 1. The van der Waals surface area contributed by atoms with Crippen molar-refractivity contribution in [2.24, 2.45) is 0 Å². The van der Waals surface area contributed by atoms with Gasteiger partial charge in [0, 0.05) is 35.3 Å². The number of nitrogens with zero attached hydrogens (tertiary/aromatic N) is 3. The second kappa shape index (κ2) is 6.76. The van der Waals surface area contributed by atoms with Gasteiger partial charge in [0.2, 0.25) is 0 Å². The molecule has 0 saturated heterocycles. The molecule has 0 spiro atoms. The highest BCUT2D eigenvalue weighted by molar-refractivity contribution is 6.31. The van der Waals surface area contributed by atoms with Crippen LogP contribution in [0, 0.1) is 11.6 Å². The van der Waals surface area contributed by atoms with Crippen molar-refractivity contribution in [2.75, 3.05) is 5.73 Å². The van der Waals surface area contributed by atoms with Crippen molar-refractivity contribution in [1.82, 2.24) is 15.0 Å². The van der Waals surface area contributed by atoms with Gasteiger partial charge in [-0.15, -0.1) is 0 Å². The largest absolute Gasteiger partial charge is 0.485 e. The Labute approximate surface area is 141 Å². The first kappa shape index (κ1) is 16.1. The zero-order chi connectivity index (χ0) is 17.1. The number of hydrogen-bond acceptors (Lipinski definition) is 5. The van der Waals surface area contributed by atoms with E-state index in [1.807, 2.05) is 0 Å². The number of rotatable bonds is 4. The van der Waals surface area contributed by atoms with Crippen LogP contribution >= 0.6 is 11.6 Å². The predicted molar refractivity (Wildman–Crippen MR) is 85.4 cm³/mol. The van der Waals surface area contributed by atoms with Crippen LogP contribution in [0.2, 0.25) is 5.02 Å². The molecule has 0 aliphatic carbocycles. The molecule has 0 bridgehead atoms. The van der Waals surface area contributed by atoms with Crippen molar-refractivity contribution in [3.63, 3.8) is 0 Å². The van der Waals surface area contributed by atoms with E-state index in [0.717, 1.165) is 12.1 Å². The summed E-state index contributed by atoms with van der Waals surface area (Å²) in [4.78, 5) is 11.9. The second-order valence-corrected chi connectivity index (χ2v) is 5.22. The Morgan fingerprint density at radius 2 is 1.75 bits per heavy atom. The summed E-state index contributed by atoms with van der Waals surface area (Å²) in [5, 5.41) is -0.325. The third-order valence-electron chi connectivity index (χ3n) is 3.29. The van der Waals surface area contributed by atoms with Crippen molar-refractivity contribution in [1.29, 1.82) is 0 Å². The minimum Gasteiger partial charge on any atom is -0.485 e. The SMILES string of the molecule is Nc1ncc(-c2cncnc2)cc1OCc1c(F)ccc(F)c1Cl. The quantitative estimate of drug-likeness (QED) is 0.729. The van der Waals surface area contributed by atoms with Gasteiger partial charge in [-0.25, -0.2) is 23.7 Å². The van der Waals surface area contributed by atoms with E-state index in [0.29, 0.717) is 11.1 Å². The van der Waals surface area contributed by atoms with E-state index < -0.39 is 11.6 Å². The molecule has 3 aromatic rings. The highest BCUT2D eigenvalue weighted by Gasteiger charge is 2.14. The maximum absolute atomic E-state index is 13.8. The molecule has 3 rings (SSSR count). The molecule has 122 valence electrons. The summed E-state index contributed by atoms with van der Waals surface area (Å²) in [7, 11) is 0. The molecule has 0 aliphatic rings. The van der Waals surface area contributed by atoms with E-state index in [-0.39, 0.29) is 28.8 Å². The van der Waals surface area contributed by atoms with Crippen LogP contribution < -0.4 is 10.5 Å². The molecular formula is C16H11ClF2N4O. The highest BCUT2D eigenvalue weighted by Crippen LogP contribution is 2.29. The van der Waals surface area contributed by atoms with Gasteiger partial charge < -0.3 is 10.5 Å². The topological polar surface area (TPSA) is 73.9 Å².